The maximum atomic E-state index is 13.5. The fraction of sp³-hybridized carbons (Fsp3) is 0.462. The molecule has 0 spiro atoms. The molecule has 1 N–H and O–H groups in total. The van der Waals surface area contributed by atoms with Crippen LogP contribution in [0.4, 0.5) is 32.0 Å². The van der Waals surface area contributed by atoms with Gasteiger partial charge in [-0.3, -0.25) is 0 Å². The Morgan fingerprint density at radius 3 is 2.17 bits per heavy atom. The molecule has 0 saturated carbocycles. The van der Waals surface area contributed by atoms with E-state index in [0.29, 0.717) is 42.6 Å². The van der Waals surface area contributed by atoms with E-state index in [1.807, 2.05) is 35.2 Å². The van der Waals surface area contributed by atoms with Gasteiger partial charge in [0.25, 0.3) is 5.60 Å². The average Bonchev–Trinajstić information content (AvgIpc) is 2.84. The first-order chi connectivity index (χ1) is 16.9. The number of anilines is 1. The van der Waals surface area contributed by atoms with Crippen molar-refractivity contribution in [1.29, 1.82) is 0 Å². The summed E-state index contributed by atoms with van der Waals surface area (Å²) in [5.74, 6) is 5.48. The van der Waals surface area contributed by atoms with E-state index in [1.54, 1.807) is 18.7 Å². The number of hydrogen-bond donors (Lipinski definition) is 1. The van der Waals surface area contributed by atoms with Crippen LogP contribution in [0, 0.1) is 11.8 Å². The van der Waals surface area contributed by atoms with E-state index in [9.17, 15) is 31.4 Å². The Balaban J connectivity index is 1.94. The highest BCUT2D eigenvalue weighted by atomic mass is 32.2. The van der Waals surface area contributed by atoms with E-state index >= 15 is 0 Å². The molecule has 1 aliphatic rings. The number of benzene rings is 2. The first-order valence-corrected chi connectivity index (χ1v) is 12.3. The van der Waals surface area contributed by atoms with Gasteiger partial charge in [0.15, 0.2) is 0 Å². The van der Waals surface area contributed by atoms with Crippen LogP contribution in [-0.2, 0) is 10.3 Å². The number of thioether (sulfide) groups is 1. The third-order valence-corrected chi connectivity index (χ3v) is 7.44. The standard InChI is InChI=1S/C26H27F6NO2S/c1-3-20(35-2)11-9-18-17-19(24(34,25(27,28)29)26(30,31)32)10-12-23(18)33-15-13-22(14-16-33)36-21-7-5-4-6-8-21/h4-8,10,12,17,20,22,34H,3,13-16H2,1-2H3. The first-order valence-electron chi connectivity index (χ1n) is 11.4. The minimum Gasteiger partial charge on any atom is -0.370 e. The molecule has 0 bridgehead atoms. The van der Waals surface area contributed by atoms with Crippen LogP contribution in [0.15, 0.2) is 53.4 Å². The summed E-state index contributed by atoms with van der Waals surface area (Å²) in [6, 6.07) is 12.4. The molecule has 1 fully saturated rings. The Morgan fingerprint density at radius 1 is 1.03 bits per heavy atom. The van der Waals surface area contributed by atoms with Gasteiger partial charge in [0, 0.05) is 41.5 Å². The second-order valence-electron chi connectivity index (χ2n) is 8.46. The first kappa shape index (κ1) is 28.2. The maximum absolute atomic E-state index is 13.5. The molecule has 2 aromatic rings. The maximum Gasteiger partial charge on any atom is 0.430 e. The number of ether oxygens (including phenoxy) is 1. The van der Waals surface area contributed by atoms with E-state index in [2.05, 4.69) is 11.8 Å². The van der Waals surface area contributed by atoms with Gasteiger partial charge in [-0.1, -0.05) is 43.0 Å². The van der Waals surface area contributed by atoms with Gasteiger partial charge in [0.1, 0.15) is 6.10 Å². The number of methoxy groups -OCH3 is 1. The van der Waals surface area contributed by atoms with Crippen LogP contribution >= 0.6 is 11.8 Å². The van der Waals surface area contributed by atoms with Gasteiger partial charge < -0.3 is 14.7 Å². The van der Waals surface area contributed by atoms with E-state index in [1.165, 1.54) is 13.2 Å². The molecule has 1 heterocycles. The third kappa shape index (κ3) is 6.13. The third-order valence-electron chi connectivity index (χ3n) is 6.09. The number of aliphatic hydroxyl groups is 1. The lowest BCUT2D eigenvalue weighted by atomic mass is 9.90. The second kappa shape index (κ2) is 11.4. The lowest BCUT2D eigenvalue weighted by Crippen LogP contribution is -2.54. The molecule has 2 aromatic carbocycles. The lowest BCUT2D eigenvalue weighted by molar-refractivity contribution is -0.376. The molecule has 0 amide bonds. The zero-order valence-electron chi connectivity index (χ0n) is 19.8. The predicted molar refractivity (Wildman–Crippen MR) is 128 cm³/mol. The van der Waals surface area contributed by atoms with E-state index in [-0.39, 0.29) is 5.56 Å². The van der Waals surface area contributed by atoms with Crippen LogP contribution in [0.1, 0.15) is 37.3 Å². The molecule has 10 heteroatoms. The van der Waals surface area contributed by atoms with Crippen LogP contribution in [0.3, 0.4) is 0 Å². The molecule has 0 aliphatic carbocycles. The Labute approximate surface area is 210 Å². The highest BCUT2D eigenvalue weighted by molar-refractivity contribution is 8.00. The molecular weight excluding hydrogens is 504 g/mol. The van der Waals surface area contributed by atoms with Crippen molar-refractivity contribution in [3.8, 4) is 11.8 Å². The minimum atomic E-state index is -5.97. The summed E-state index contributed by atoms with van der Waals surface area (Å²) in [5.41, 5.74) is -5.94. The van der Waals surface area contributed by atoms with Crippen molar-refractivity contribution >= 4 is 17.4 Å². The van der Waals surface area contributed by atoms with E-state index in [4.69, 9.17) is 4.74 Å². The summed E-state index contributed by atoms with van der Waals surface area (Å²) in [4.78, 5) is 3.04. The molecule has 0 aromatic heterocycles. The van der Waals surface area contributed by atoms with Crippen LogP contribution in [0.25, 0.3) is 0 Å². The van der Waals surface area contributed by atoms with Crippen LogP contribution in [-0.4, -0.2) is 49.0 Å². The molecule has 3 nitrogen and oxygen atoms in total. The van der Waals surface area contributed by atoms with Crippen molar-refractivity contribution in [2.24, 2.45) is 0 Å². The summed E-state index contributed by atoms with van der Waals surface area (Å²) in [7, 11) is 1.42. The van der Waals surface area contributed by atoms with Crippen LogP contribution in [0.2, 0.25) is 0 Å². The Hall–Kier alpha value is -2.35. The smallest absolute Gasteiger partial charge is 0.370 e. The van der Waals surface area contributed by atoms with Crippen LogP contribution < -0.4 is 4.90 Å². The van der Waals surface area contributed by atoms with Gasteiger partial charge >= 0.3 is 12.4 Å². The van der Waals surface area contributed by atoms with Crippen molar-refractivity contribution in [3.63, 3.8) is 0 Å². The summed E-state index contributed by atoms with van der Waals surface area (Å²) in [5, 5.41) is 10.2. The van der Waals surface area contributed by atoms with Crippen LogP contribution in [0.5, 0.6) is 0 Å². The summed E-state index contributed by atoms with van der Waals surface area (Å²) in [6.07, 6.45) is -10.4. The van der Waals surface area contributed by atoms with Gasteiger partial charge in [-0.05, 0) is 43.5 Å². The van der Waals surface area contributed by atoms with Crippen molar-refractivity contribution in [1.82, 2.24) is 0 Å². The molecule has 3 rings (SSSR count). The molecule has 1 unspecified atom stereocenters. The Kier molecular flexibility index (Phi) is 8.91. The predicted octanol–water partition coefficient (Wildman–Crippen LogP) is 6.54. The largest absolute Gasteiger partial charge is 0.430 e. The van der Waals surface area contributed by atoms with E-state index < -0.39 is 29.6 Å². The normalized spacial score (nSPS) is 16.4. The fourth-order valence-electron chi connectivity index (χ4n) is 4.02. The Morgan fingerprint density at radius 2 is 1.64 bits per heavy atom. The molecule has 1 aliphatic heterocycles. The van der Waals surface area contributed by atoms with E-state index in [0.717, 1.165) is 17.7 Å². The van der Waals surface area contributed by atoms with Crippen molar-refractivity contribution in [2.75, 3.05) is 25.1 Å². The van der Waals surface area contributed by atoms with Gasteiger partial charge in [-0.2, -0.15) is 26.3 Å². The number of nitrogens with zero attached hydrogens (tertiary/aromatic N) is 1. The summed E-state index contributed by atoms with van der Waals surface area (Å²) in [6.45, 7) is 2.91. The topological polar surface area (TPSA) is 32.7 Å². The number of halogens is 6. The molecule has 1 atom stereocenters. The molecule has 1 saturated heterocycles. The second-order valence-corrected chi connectivity index (χ2v) is 9.83. The SMILES string of the molecule is CCC(C#Cc1cc(C(O)(C(F)(F)F)C(F)(F)F)ccc1N1CCC(Sc2ccccc2)CC1)OC. The molecular formula is C26H27F6NO2S. The molecule has 196 valence electrons. The monoisotopic (exact) mass is 531 g/mol. The highest BCUT2D eigenvalue weighted by Gasteiger charge is 2.71. The van der Waals surface area contributed by atoms with Gasteiger partial charge in [-0.25, -0.2) is 0 Å². The van der Waals surface area contributed by atoms with Crippen molar-refractivity contribution < 1.29 is 36.2 Å². The summed E-state index contributed by atoms with van der Waals surface area (Å²) < 4.78 is 86.1. The number of alkyl halides is 6. The van der Waals surface area contributed by atoms with Crippen molar-refractivity contribution in [3.05, 3.63) is 59.7 Å². The molecule has 0 radical (unpaired) electrons. The average molecular weight is 532 g/mol. The number of piperidine rings is 1. The quantitative estimate of drug-likeness (QED) is 0.339. The zero-order chi connectivity index (χ0) is 26.6. The number of hydrogen-bond acceptors (Lipinski definition) is 4. The van der Waals surface area contributed by atoms with Crippen molar-refractivity contribution in [2.45, 2.75) is 60.4 Å². The minimum absolute atomic E-state index is 0.0240. The Bertz CT molecular complexity index is 1050. The lowest BCUT2D eigenvalue weighted by Gasteiger charge is -2.36. The zero-order valence-corrected chi connectivity index (χ0v) is 20.6. The van der Waals surface area contributed by atoms with Gasteiger partial charge in [0.2, 0.25) is 0 Å². The molecule has 36 heavy (non-hydrogen) atoms. The van der Waals surface area contributed by atoms with Gasteiger partial charge in [0.05, 0.1) is 5.69 Å². The van der Waals surface area contributed by atoms with Gasteiger partial charge in [-0.15, -0.1) is 11.8 Å². The highest BCUT2D eigenvalue weighted by Crippen LogP contribution is 2.50. The number of rotatable bonds is 6. The summed E-state index contributed by atoms with van der Waals surface area (Å²) >= 11 is 1.74. The fourth-order valence-corrected chi connectivity index (χ4v) is 5.16.